The maximum atomic E-state index is 12.9. The Bertz CT molecular complexity index is 423. The fraction of sp³-hybridized carbons (Fsp3) is 0.500. The summed E-state index contributed by atoms with van der Waals surface area (Å²) in [5, 5.41) is 9.46. The zero-order valence-corrected chi connectivity index (χ0v) is 9.64. The van der Waals surface area contributed by atoms with Crippen molar-refractivity contribution in [2.75, 3.05) is 13.1 Å². The highest BCUT2D eigenvalue weighted by molar-refractivity contribution is 5.94. The number of aliphatic hydroxyl groups excluding tert-OH is 1. The summed E-state index contributed by atoms with van der Waals surface area (Å²) in [6, 6.07) is 1.19. The van der Waals surface area contributed by atoms with Gasteiger partial charge in [0.05, 0.1) is 17.9 Å². The van der Waals surface area contributed by atoms with Gasteiger partial charge in [-0.05, 0) is 19.4 Å². The smallest absolute Gasteiger partial charge is 0.255 e. The molecule has 1 aromatic heterocycles. The number of aromatic nitrogens is 1. The second-order valence-corrected chi connectivity index (χ2v) is 4.43. The van der Waals surface area contributed by atoms with Crippen LogP contribution in [-0.4, -0.2) is 40.1 Å². The van der Waals surface area contributed by atoms with Crippen molar-refractivity contribution in [3.8, 4) is 0 Å². The summed E-state index contributed by atoms with van der Waals surface area (Å²) in [5.74, 6) is -0.622. The van der Waals surface area contributed by atoms with Gasteiger partial charge in [-0.25, -0.2) is 4.39 Å². The fourth-order valence-electron chi connectivity index (χ4n) is 2.08. The van der Waals surface area contributed by atoms with E-state index in [0.29, 0.717) is 13.1 Å². The maximum Gasteiger partial charge on any atom is 0.255 e. The summed E-state index contributed by atoms with van der Waals surface area (Å²) in [6.45, 7) is 2.85. The third-order valence-corrected chi connectivity index (χ3v) is 3.15. The van der Waals surface area contributed by atoms with E-state index in [1.54, 1.807) is 11.8 Å². The molecule has 2 atom stereocenters. The predicted molar refractivity (Wildman–Crippen MR) is 59.9 cm³/mol. The summed E-state index contributed by atoms with van der Waals surface area (Å²) in [6.07, 6.45) is 2.80. The van der Waals surface area contributed by atoms with Crippen molar-refractivity contribution in [2.24, 2.45) is 5.92 Å². The summed E-state index contributed by atoms with van der Waals surface area (Å²) >= 11 is 0. The molecule has 0 bridgehead atoms. The SMILES string of the molecule is CC(O)C1CCN(C(=O)c2cncc(F)c2)C1. The third kappa shape index (κ3) is 2.61. The fourth-order valence-corrected chi connectivity index (χ4v) is 2.08. The van der Waals surface area contributed by atoms with Gasteiger partial charge >= 0.3 is 0 Å². The molecule has 4 nitrogen and oxygen atoms in total. The van der Waals surface area contributed by atoms with Crippen LogP contribution in [0.2, 0.25) is 0 Å². The minimum Gasteiger partial charge on any atom is -0.393 e. The van der Waals surface area contributed by atoms with Crippen LogP contribution in [0.1, 0.15) is 23.7 Å². The van der Waals surface area contributed by atoms with Crippen molar-refractivity contribution in [1.82, 2.24) is 9.88 Å². The number of hydrogen-bond acceptors (Lipinski definition) is 3. The number of aliphatic hydroxyl groups is 1. The number of carbonyl (C=O) groups is 1. The summed E-state index contributed by atoms with van der Waals surface area (Å²) < 4.78 is 12.9. The van der Waals surface area contributed by atoms with Crippen LogP contribution in [0.5, 0.6) is 0 Å². The number of carbonyl (C=O) groups excluding carboxylic acids is 1. The molecule has 0 radical (unpaired) electrons. The Kier molecular flexibility index (Phi) is 3.38. The highest BCUT2D eigenvalue weighted by atomic mass is 19.1. The average molecular weight is 238 g/mol. The number of amides is 1. The summed E-state index contributed by atoms with van der Waals surface area (Å²) in [5.41, 5.74) is 0.260. The highest BCUT2D eigenvalue weighted by Gasteiger charge is 2.29. The van der Waals surface area contributed by atoms with Gasteiger partial charge in [0.1, 0.15) is 5.82 Å². The van der Waals surface area contributed by atoms with Crippen LogP contribution < -0.4 is 0 Å². The van der Waals surface area contributed by atoms with Crippen molar-refractivity contribution >= 4 is 5.91 Å². The Morgan fingerprint density at radius 3 is 3.00 bits per heavy atom. The third-order valence-electron chi connectivity index (χ3n) is 3.15. The van der Waals surface area contributed by atoms with E-state index in [1.807, 2.05) is 0 Å². The first-order valence-corrected chi connectivity index (χ1v) is 5.66. The number of pyridine rings is 1. The van der Waals surface area contributed by atoms with Crippen molar-refractivity contribution < 1.29 is 14.3 Å². The van der Waals surface area contributed by atoms with Gasteiger partial charge in [-0.3, -0.25) is 9.78 Å². The molecule has 1 aliphatic rings. The van der Waals surface area contributed by atoms with Crippen LogP contribution in [0.3, 0.4) is 0 Å². The van der Waals surface area contributed by atoms with E-state index in [2.05, 4.69) is 4.98 Å². The van der Waals surface area contributed by atoms with Crippen LogP contribution in [0.15, 0.2) is 18.5 Å². The van der Waals surface area contributed by atoms with E-state index >= 15 is 0 Å². The number of likely N-dealkylation sites (tertiary alicyclic amines) is 1. The molecule has 1 saturated heterocycles. The van der Waals surface area contributed by atoms with Gasteiger partial charge in [0, 0.05) is 25.2 Å². The van der Waals surface area contributed by atoms with E-state index in [1.165, 1.54) is 12.3 Å². The molecule has 2 unspecified atom stereocenters. The lowest BCUT2D eigenvalue weighted by Crippen LogP contribution is -2.30. The predicted octanol–water partition coefficient (Wildman–Crippen LogP) is 1.06. The Morgan fingerprint density at radius 2 is 2.41 bits per heavy atom. The molecule has 0 aliphatic carbocycles. The molecular weight excluding hydrogens is 223 g/mol. The van der Waals surface area contributed by atoms with E-state index < -0.39 is 11.9 Å². The summed E-state index contributed by atoms with van der Waals surface area (Å²) in [7, 11) is 0. The number of nitrogens with zero attached hydrogens (tertiary/aromatic N) is 2. The number of rotatable bonds is 2. The minimum atomic E-state index is -0.512. The lowest BCUT2D eigenvalue weighted by molar-refractivity contribution is 0.0761. The Morgan fingerprint density at radius 1 is 1.65 bits per heavy atom. The van der Waals surface area contributed by atoms with Crippen LogP contribution in [-0.2, 0) is 0 Å². The largest absolute Gasteiger partial charge is 0.393 e. The standard InChI is InChI=1S/C12H15FN2O2/c1-8(16)9-2-3-15(7-9)12(17)10-4-11(13)6-14-5-10/h4-6,8-9,16H,2-3,7H2,1H3. The monoisotopic (exact) mass is 238 g/mol. The molecule has 1 amide bonds. The van der Waals surface area contributed by atoms with Gasteiger partial charge < -0.3 is 10.0 Å². The Balaban J connectivity index is 2.07. The van der Waals surface area contributed by atoms with E-state index in [9.17, 15) is 14.3 Å². The van der Waals surface area contributed by atoms with Gasteiger partial charge in [0.15, 0.2) is 0 Å². The van der Waals surface area contributed by atoms with Gasteiger partial charge in [0.25, 0.3) is 5.91 Å². The zero-order valence-electron chi connectivity index (χ0n) is 9.64. The second kappa shape index (κ2) is 4.79. The quantitative estimate of drug-likeness (QED) is 0.838. The van der Waals surface area contributed by atoms with Gasteiger partial charge in [-0.1, -0.05) is 0 Å². The minimum absolute atomic E-state index is 0.112. The molecule has 2 rings (SSSR count). The number of hydrogen-bond donors (Lipinski definition) is 1. The van der Waals surface area contributed by atoms with Crippen LogP contribution in [0, 0.1) is 11.7 Å². The van der Waals surface area contributed by atoms with Crippen LogP contribution in [0.25, 0.3) is 0 Å². The Hall–Kier alpha value is -1.49. The van der Waals surface area contributed by atoms with E-state index in [4.69, 9.17) is 0 Å². The molecule has 17 heavy (non-hydrogen) atoms. The van der Waals surface area contributed by atoms with Crippen LogP contribution >= 0.6 is 0 Å². The van der Waals surface area contributed by atoms with Gasteiger partial charge in [-0.2, -0.15) is 0 Å². The molecule has 0 aromatic carbocycles. The van der Waals surface area contributed by atoms with Crippen LogP contribution in [0.4, 0.5) is 4.39 Å². The van der Waals surface area contributed by atoms with Crippen molar-refractivity contribution in [2.45, 2.75) is 19.4 Å². The maximum absolute atomic E-state index is 12.9. The Labute approximate surface area is 99.1 Å². The molecule has 1 aliphatic heterocycles. The molecule has 92 valence electrons. The first-order chi connectivity index (χ1) is 8.08. The lowest BCUT2D eigenvalue weighted by atomic mass is 10.0. The number of halogens is 1. The van der Waals surface area contributed by atoms with Gasteiger partial charge in [-0.15, -0.1) is 0 Å². The molecule has 0 spiro atoms. The molecule has 1 N–H and O–H groups in total. The molecule has 0 saturated carbocycles. The molecule has 1 aromatic rings. The van der Waals surface area contributed by atoms with Gasteiger partial charge in [0.2, 0.25) is 0 Å². The van der Waals surface area contributed by atoms with E-state index in [0.717, 1.165) is 12.6 Å². The molecular formula is C12H15FN2O2. The molecule has 5 heteroatoms. The first-order valence-electron chi connectivity index (χ1n) is 5.66. The second-order valence-electron chi connectivity index (χ2n) is 4.43. The topological polar surface area (TPSA) is 53.4 Å². The summed E-state index contributed by atoms with van der Waals surface area (Å²) in [4.78, 5) is 17.3. The average Bonchev–Trinajstić information content (AvgIpc) is 2.77. The van der Waals surface area contributed by atoms with Crippen molar-refractivity contribution in [1.29, 1.82) is 0 Å². The zero-order chi connectivity index (χ0) is 12.4. The molecule has 2 heterocycles. The van der Waals surface area contributed by atoms with Crippen molar-refractivity contribution in [3.05, 3.63) is 29.8 Å². The van der Waals surface area contributed by atoms with Crippen molar-refractivity contribution in [3.63, 3.8) is 0 Å². The highest BCUT2D eigenvalue weighted by Crippen LogP contribution is 2.21. The lowest BCUT2D eigenvalue weighted by Gasteiger charge is -2.17. The first kappa shape index (κ1) is 12.0. The van der Waals surface area contributed by atoms with E-state index in [-0.39, 0.29) is 17.4 Å². The molecule has 1 fully saturated rings. The normalized spacial score (nSPS) is 21.6.